The first-order valence-electron chi connectivity index (χ1n) is 6.75. The van der Waals surface area contributed by atoms with Crippen molar-refractivity contribution in [2.24, 2.45) is 0 Å². The van der Waals surface area contributed by atoms with E-state index in [4.69, 9.17) is 12.2 Å². The minimum absolute atomic E-state index is 0.00775. The van der Waals surface area contributed by atoms with Gasteiger partial charge in [-0.3, -0.25) is 4.98 Å². The molecule has 1 N–H and O–H groups in total. The van der Waals surface area contributed by atoms with Gasteiger partial charge in [0.05, 0.1) is 16.6 Å². The van der Waals surface area contributed by atoms with Crippen LogP contribution in [0.3, 0.4) is 0 Å². The van der Waals surface area contributed by atoms with Crippen LogP contribution in [0.25, 0.3) is 0 Å². The van der Waals surface area contributed by atoms with Gasteiger partial charge in [-0.05, 0) is 38.5 Å². The molecule has 1 aromatic carbocycles. The smallest absolute Gasteiger partial charge is 0.0894 e. The summed E-state index contributed by atoms with van der Waals surface area (Å²) in [6.07, 6.45) is 1.81. The van der Waals surface area contributed by atoms with Gasteiger partial charge >= 0.3 is 0 Å². The van der Waals surface area contributed by atoms with Crippen LogP contribution in [0.1, 0.15) is 37.9 Å². The molecular weight excluding hydrogens is 264 g/mol. The lowest BCUT2D eigenvalue weighted by atomic mass is 9.93. The molecule has 0 saturated heterocycles. The van der Waals surface area contributed by atoms with E-state index in [1.54, 1.807) is 0 Å². The van der Waals surface area contributed by atoms with Crippen LogP contribution in [-0.2, 0) is 0 Å². The molecule has 1 aromatic heterocycles. The minimum atomic E-state index is -0.0567. The summed E-state index contributed by atoms with van der Waals surface area (Å²) >= 11 is 5.64. The topological polar surface area (TPSA) is 24.9 Å². The summed E-state index contributed by atoms with van der Waals surface area (Å²) in [4.78, 5) is 5.29. The van der Waals surface area contributed by atoms with Crippen LogP contribution >= 0.6 is 12.2 Å². The molecule has 104 valence electrons. The lowest BCUT2D eigenvalue weighted by Gasteiger charge is -2.27. The SMILES string of the molecule is CC(C)(C)NC(=S)C(c1ccccc1)c1ccccn1. The van der Waals surface area contributed by atoms with E-state index in [1.807, 2.05) is 42.6 Å². The Morgan fingerprint density at radius 2 is 1.70 bits per heavy atom. The fourth-order valence-corrected chi connectivity index (χ4v) is 2.65. The molecule has 0 fully saturated rings. The molecule has 1 heterocycles. The first kappa shape index (κ1) is 14.7. The summed E-state index contributed by atoms with van der Waals surface area (Å²) in [6, 6.07) is 16.2. The number of rotatable bonds is 3. The third-order valence-electron chi connectivity index (χ3n) is 2.88. The quantitative estimate of drug-likeness (QED) is 0.865. The Hall–Kier alpha value is -1.74. The Labute approximate surface area is 126 Å². The van der Waals surface area contributed by atoms with Gasteiger partial charge in [0.1, 0.15) is 0 Å². The molecular formula is C17H20N2S. The van der Waals surface area contributed by atoms with Crippen LogP contribution < -0.4 is 5.32 Å². The molecule has 20 heavy (non-hydrogen) atoms. The lowest BCUT2D eigenvalue weighted by molar-refractivity contribution is 0.509. The molecule has 0 saturated carbocycles. The van der Waals surface area contributed by atoms with Crippen molar-refractivity contribution in [1.29, 1.82) is 0 Å². The highest BCUT2D eigenvalue weighted by molar-refractivity contribution is 7.80. The first-order chi connectivity index (χ1) is 9.47. The van der Waals surface area contributed by atoms with Gasteiger partial charge < -0.3 is 5.32 Å². The number of pyridine rings is 1. The van der Waals surface area contributed by atoms with Gasteiger partial charge in [0.15, 0.2) is 0 Å². The van der Waals surface area contributed by atoms with E-state index in [9.17, 15) is 0 Å². The Balaban J connectivity index is 2.38. The normalized spacial score (nSPS) is 12.8. The van der Waals surface area contributed by atoms with E-state index < -0.39 is 0 Å². The van der Waals surface area contributed by atoms with Gasteiger partial charge in [-0.25, -0.2) is 0 Å². The highest BCUT2D eigenvalue weighted by atomic mass is 32.1. The van der Waals surface area contributed by atoms with Crippen molar-refractivity contribution in [1.82, 2.24) is 10.3 Å². The summed E-state index contributed by atoms with van der Waals surface area (Å²) in [5.41, 5.74) is 2.08. The molecule has 0 amide bonds. The number of benzene rings is 1. The van der Waals surface area contributed by atoms with Crippen molar-refractivity contribution in [3.8, 4) is 0 Å². The van der Waals surface area contributed by atoms with Crippen molar-refractivity contribution in [2.75, 3.05) is 0 Å². The zero-order valence-electron chi connectivity index (χ0n) is 12.1. The van der Waals surface area contributed by atoms with Crippen LogP contribution in [0, 0.1) is 0 Å². The van der Waals surface area contributed by atoms with Gasteiger partial charge in [0.2, 0.25) is 0 Å². The number of nitrogens with zero attached hydrogens (tertiary/aromatic N) is 1. The zero-order chi connectivity index (χ0) is 14.6. The van der Waals surface area contributed by atoms with Gasteiger partial charge in [0.25, 0.3) is 0 Å². The predicted octanol–water partition coefficient (Wildman–Crippen LogP) is 3.93. The number of thiocarbonyl (C=S) groups is 1. The first-order valence-corrected chi connectivity index (χ1v) is 7.16. The second-order valence-electron chi connectivity index (χ2n) is 5.84. The van der Waals surface area contributed by atoms with Crippen LogP contribution in [-0.4, -0.2) is 15.5 Å². The van der Waals surface area contributed by atoms with Gasteiger partial charge in [0, 0.05) is 11.7 Å². The van der Waals surface area contributed by atoms with Crippen LogP contribution in [0.2, 0.25) is 0 Å². The molecule has 0 spiro atoms. The van der Waals surface area contributed by atoms with Crippen LogP contribution in [0.15, 0.2) is 54.7 Å². The molecule has 0 aliphatic rings. The highest BCUT2D eigenvalue weighted by Gasteiger charge is 2.23. The molecule has 2 aromatic rings. The monoisotopic (exact) mass is 284 g/mol. The van der Waals surface area contributed by atoms with E-state index >= 15 is 0 Å². The molecule has 0 aliphatic carbocycles. The van der Waals surface area contributed by atoms with E-state index in [0.29, 0.717) is 0 Å². The largest absolute Gasteiger partial charge is 0.374 e. The maximum absolute atomic E-state index is 5.64. The molecule has 2 rings (SSSR count). The summed E-state index contributed by atoms with van der Waals surface area (Å²) in [5, 5.41) is 3.41. The third kappa shape index (κ3) is 3.87. The number of hydrogen-bond donors (Lipinski definition) is 1. The van der Waals surface area contributed by atoms with Crippen molar-refractivity contribution >= 4 is 17.2 Å². The summed E-state index contributed by atoms with van der Waals surface area (Å²) in [7, 11) is 0. The van der Waals surface area contributed by atoms with Gasteiger partial charge in [-0.15, -0.1) is 0 Å². The average Bonchev–Trinajstić information content (AvgIpc) is 2.39. The van der Waals surface area contributed by atoms with E-state index in [2.05, 4.69) is 43.2 Å². The number of aromatic nitrogens is 1. The van der Waals surface area contributed by atoms with E-state index in [1.165, 1.54) is 0 Å². The van der Waals surface area contributed by atoms with E-state index in [-0.39, 0.29) is 11.5 Å². The van der Waals surface area contributed by atoms with Crippen LogP contribution in [0.4, 0.5) is 0 Å². The molecule has 2 nitrogen and oxygen atoms in total. The Morgan fingerprint density at radius 3 is 2.25 bits per heavy atom. The Bertz CT molecular complexity index is 519. The van der Waals surface area contributed by atoms with Gasteiger partial charge in [-0.2, -0.15) is 0 Å². The van der Waals surface area contributed by atoms with Crippen molar-refractivity contribution < 1.29 is 0 Å². The summed E-state index contributed by atoms with van der Waals surface area (Å²) in [6.45, 7) is 6.33. The van der Waals surface area contributed by atoms with Crippen molar-refractivity contribution in [3.63, 3.8) is 0 Å². The van der Waals surface area contributed by atoms with E-state index in [0.717, 1.165) is 16.2 Å². The molecule has 0 aliphatic heterocycles. The minimum Gasteiger partial charge on any atom is -0.374 e. The van der Waals surface area contributed by atoms with Crippen molar-refractivity contribution in [2.45, 2.75) is 32.2 Å². The highest BCUT2D eigenvalue weighted by Crippen LogP contribution is 2.24. The third-order valence-corrected chi connectivity index (χ3v) is 3.21. The van der Waals surface area contributed by atoms with Crippen LogP contribution in [0.5, 0.6) is 0 Å². The number of nitrogens with one attached hydrogen (secondary N) is 1. The van der Waals surface area contributed by atoms with Crippen molar-refractivity contribution in [3.05, 3.63) is 66.0 Å². The number of hydrogen-bond acceptors (Lipinski definition) is 2. The Kier molecular flexibility index (Phi) is 4.50. The maximum atomic E-state index is 5.64. The van der Waals surface area contributed by atoms with Gasteiger partial charge in [-0.1, -0.05) is 48.6 Å². The Morgan fingerprint density at radius 1 is 1.05 bits per heavy atom. The second-order valence-corrected chi connectivity index (χ2v) is 6.28. The molecule has 3 heteroatoms. The molecule has 0 bridgehead atoms. The summed E-state index contributed by atoms with van der Waals surface area (Å²) in [5.74, 6) is -0.00775. The fraction of sp³-hybridized carbons (Fsp3) is 0.294. The molecule has 1 atom stereocenters. The summed E-state index contributed by atoms with van der Waals surface area (Å²) < 4.78 is 0. The second kappa shape index (κ2) is 6.14. The predicted molar refractivity (Wildman–Crippen MR) is 88.0 cm³/mol. The zero-order valence-corrected chi connectivity index (χ0v) is 12.9. The lowest BCUT2D eigenvalue weighted by Crippen LogP contribution is -2.42. The standard InChI is InChI=1S/C17H20N2S/c1-17(2,3)19-16(20)15(13-9-5-4-6-10-13)14-11-7-8-12-18-14/h4-12,15H,1-3H3,(H,19,20). The maximum Gasteiger partial charge on any atom is 0.0894 e. The fourth-order valence-electron chi connectivity index (χ4n) is 2.09. The molecule has 1 unspecified atom stereocenters. The average molecular weight is 284 g/mol. The molecule has 0 radical (unpaired) electrons.